The summed E-state index contributed by atoms with van der Waals surface area (Å²) in [5, 5.41) is 26.9. The van der Waals surface area contributed by atoms with E-state index >= 15 is 0 Å². The van der Waals surface area contributed by atoms with Crippen molar-refractivity contribution in [1.29, 1.82) is 10.5 Å². The van der Waals surface area contributed by atoms with Crippen molar-refractivity contribution in [2.24, 2.45) is 13.0 Å². The van der Waals surface area contributed by atoms with Crippen LogP contribution < -0.4 is 4.74 Å². The van der Waals surface area contributed by atoms with Gasteiger partial charge < -0.3 is 9.30 Å². The normalized spacial score (nSPS) is 11.5. The first-order chi connectivity index (χ1) is 11.2. The van der Waals surface area contributed by atoms with Gasteiger partial charge in [-0.2, -0.15) is 10.5 Å². The lowest BCUT2D eigenvalue weighted by Crippen LogP contribution is -2.02. The number of nitrogens with zero attached hydrogens (tertiary/aromatic N) is 5. The van der Waals surface area contributed by atoms with Gasteiger partial charge in [0.15, 0.2) is 11.0 Å². The zero-order chi connectivity index (χ0) is 16.7. The quantitative estimate of drug-likeness (QED) is 0.726. The summed E-state index contributed by atoms with van der Waals surface area (Å²) < 4.78 is 7.13. The lowest BCUT2D eigenvalue weighted by molar-refractivity contribution is 0.415. The molecule has 0 saturated heterocycles. The Morgan fingerprint density at radius 3 is 2.87 bits per heavy atom. The van der Waals surface area contributed by atoms with E-state index in [0.717, 1.165) is 22.3 Å². The van der Waals surface area contributed by atoms with Gasteiger partial charge in [0.1, 0.15) is 5.75 Å². The number of methoxy groups -OCH3 is 1. The molecular formula is C16H17N5OS. The van der Waals surface area contributed by atoms with Crippen LogP contribution in [0.25, 0.3) is 11.4 Å². The van der Waals surface area contributed by atoms with Crippen LogP contribution in [0, 0.1) is 28.6 Å². The highest BCUT2D eigenvalue weighted by atomic mass is 32.2. The Labute approximate surface area is 139 Å². The van der Waals surface area contributed by atoms with E-state index in [0.29, 0.717) is 18.6 Å². The fourth-order valence-electron chi connectivity index (χ4n) is 2.05. The Morgan fingerprint density at radius 2 is 2.17 bits per heavy atom. The highest BCUT2D eigenvalue weighted by Crippen LogP contribution is 2.26. The summed E-state index contributed by atoms with van der Waals surface area (Å²) in [5.74, 6) is 1.96. The molecule has 2 aromatic rings. The van der Waals surface area contributed by atoms with Gasteiger partial charge in [-0.25, -0.2) is 0 Å². The topological polar surface area (TPSA) is 87.5 Å². The predicted molar refractivity (Wildman–Crippen MR) is 87.7 cm³/mol. The van der Waals surface area contributed by atoms with E-state index in [1.807, 2.05) is 35.9 Å². The van der Waals surface area contributed by atoms with Crippen molar-refractivity contribution in [3.8, 4) is 29.3 Å². The van der Waals surface area contributed by atoms with Crippen molar-refractivity contribution in [1.82, 2.24) is 14.8 Å². The van der Waals surface area contributed by atoms with E-state index in [9.17, 15) is 0 Å². The van der Waals surface area contributed by atoms with Gasteiger partial charge in [0.25, 0.3) is 0 Å². The zero-order valence-electron chi connectivity index (χ0n) is 13.1. The van der Waals surface area contributed by atoms with Crippen LogP contribution in [0.15, 0.2) is 29.4 Å². The minimum absolute atomic E-state index is 0.156. The minimum Gasteiger partial charge on any atom is -0.497 e. The Hall–Kier alpha value is -2.51. The molecule has 0 fully saturated rings. The third-order valence-electron chi connectivity index (χ3n) is 3.36. The maximum Gasteiger partial charge on any atom is 0.191 e. The monoisotopic (exact) mass is 327 g/mol. The van der Waals surface area contributed by atoms with Crippen molar-refractivity contribution in [2.45, 2.75) is 18.0 Å². The van der Waals surface area contributed by atoms with Crippen LogP contribution in [-0.4, -0.2) is 27.6 Å². The molecule has 1 heterocycles. The SMILES string of the molecule is COc1cccc(-c2nnc(SC[C@@H](C#N)CCC#N)n2C)c1. The van der Waals surface area contributed by atoms with Crippen LogP contribution in [0.2, 0.25) is 0 Å². The van der Waals surface area contributed by atoms with Gasteiger partial charge in [-0.3, -0.25) is 0 Å². The van der Waals surface area contributed by atoms with Gasteiger partial charge in [-0.15, -0.1) is 10.2 Å². The molecule has 118 valence electrons. The Balaban J connectivity index is 2.10. The molecule has 0 aliphatic carbocycles. The molecule has 0 saturated carbocycles. The lowest BCUT2D eigenvalue weighted by Gasteiger charge is -2.07. The number of thioether (sulfide) groups is 1. The van der Waals surface area contributed by atoms with Gasteiger partial charge in [-0.05, 0) is 18.6 Å². The number of hydrogen-bond donors (Lipinski definition) is 0. The average molecular weight is 327 g/mol. The third-order valence-corrected chi connectivity index (χ3v) is 4.55. The van der Waals surface area contributed by atoms with E-state index in [2.05, 4.69) is 22.3 Å². The van der Waals surface area contributed by atoms with Crippen molar-refractivity contribution < 1.29 is 4.74 Å². The number of aromatic nitrogens is 3. The molecule has 0 bridgehead atoms. The highest BCUT2D eigenvalue weighted by Gasteiger charge is 2.14. The van der Waals surface area contributed by atoms with E-state index in [4.69, 9.17) is 15.3 Å². The van der Waals surface area contributed by atoms with E-state index in [1.54, 1.807) is 7.11 Å². The molecule has 0 aliphatic heterocycles. The maximum atomic E-state index is 9.11. The van der Waals surface area contributed by atoms with Gasteiger partial charge >= 0.3 is 0 Å². The zero-order valence-corrected chi connectivity index (χ0v) is 13.9. The van der Waals surface area contributed by atoms with Crippen LogP contribution >= 0.6 is 11.8 Å². The predicted octanol–water partition coefficient (Wildman–Crippen LogP) is 3.03. The number of benzene rings is 1. The smallest absolute Gasteiger partial charge is 0.191 e. The second-order valence-corrected chi connectivity index (χ2v) is 5.92. The van der Waals surface area contributed by atoms with Crippen molar-refractivity contribution in [3.63, 3.8) is 0 Å². The molecule has 0 radical (unpaired) electrons. The highest BCUT2D eigenvalue weighted by molar-refractivity contribution is 7.99. The van der Waals surface area contributed by atoms with E-state index in [1.165, 1.54) is 11.8 Å². The second kappa shape index (κ2) is 8.21. The summed E-state index contributed by atoms with van der Waals surface area (Å²) in [6.45, 7) is 0. The Morgan fingerprint density at radius 1 is 1.35 bits per heavy atom. The summed E-state index contributed by atoms with van der Waals surface area (Å²) in [5.41, 5.74) is 0.924. The first kappa shape index (κ1) is 16.9. The average Bonchev–Trinajstić information content (AvgIpc) is 2.96. The largest absolute Gasteiger partial charge is 0.497 e. The fourth-order valence-corrected chi connectivity index (χ4v) is 3.02. The maximum absolute atomic E-state index is 9.11. The fraction of sp³-hybridized carbons (Fsp3) is 0.375. The molecule has 0 N–H and O–H groups in total. The van der Waals surface area contributed by atoms with Crippen LogP contribution in [0.1, 0.15) is 12.8 Å². The number of nitriles is 2. The summed E-state index contributed by atoms with van der Waals surface area (Å²) >= 11 is 1.48. The Bertz CT molecular complexity index is 744. The second-order valence-electron chi connectivity index (χ2n) is 4.93. The molecule has 0 unspecified atom stereocenters. The summed E-state index contributed by atoms with van der Waals surface area (Å²) in [6.07, 6.45) is 0.979. The minimum atomic E-state index is -0.156. The van der Waals surface area contributed by atoms with Gasteiger partial charge in [-0.1, -0.05) is 23.9 Å². The van der Waals surface area contributed by atoms with Crippen molar-refractivity contribution in [2.75, 3.05) is 12.9 Å². The molecule has 0 spiro atoms. The molecule has 0 amide bonds. The number of rotatable bonds is 7. The molecule has 6 nitrogen and oxygen atoms in total. The molecule has 7 heteroatoms. The van der Waals surface area contributed by atoms with Gasteiger partial charge in [0.05, 0.1) is 25.2 Å². The molecule has 0 aliphatic rings. The molecule has 1 atom stereocenters. The number of hydrogen-bond acceptors (Lipinski definition) is 6. The Kier molecular flexibility index (Phi) is 6.02. The van der Waals surface area contributed by atoms with Crippen molar-refractivity contribution >= 4 is 11.8 Å². The summed E-state index contributed by atoms with van der Waals surface area (Å²) in [6, 6.07) is 11.9. The van der Waals surface area contributed by atoms with E-state index < -0.39 is 0 Å². The van der Waals surface area contributed by atoms with Crippen LogP contribution in [-0.2, 0) is 7.05 Å². The molecule has 23 heavy (non-hydrogen) atoms. The standard InChI is InChI=1S/C16H17N5OS/c1-21-15(13-6-3-7-14(9-13)22-2)19-20-16(21)23-11-12(10-18)5-4-8-17/h3,6-7,9,12H,4-5,11H2,1-2H3/t12-/m1/s1. The number of ether oxygens (including phenoxy) is 1. The van der Waals surface area contributed by atoms with Crippen LogP contribution in [0.5, 0.6) is 5.75 Å². The van der Waals surface area contributed by atoms with Crippen LogP contribution in [0.4, 0.5) is 0 Å². The van der Waals surface area contributed by atoms with Crippen LogP contribution in [0.3, 0.4) is 0 Å². The molecule has 1 aromatic carbocycles. The molecule has 1 aromatic heterocycles. The molecular weight excluding hydrogens is 310 g/mol. The lowest BCUT2D eigenvalue weighted by atomic mass is 10.1. The van der Waals surface area contributed by atoms with Gasteiger partial charge in [0.2, 0.25) is 0 Å². The third kappa shape index (κ3) is 4.24. The summed E-state index contributed by atoms with van der Waals surface area (Å²) in [7, 11) is 3.52. The van der Waals surface area contributed by atoms with Crippen molar-refractivity contribution in [3.05, 3.63) is 24.3 Å². The summed E-state index contributed by atoms with van der Waals surface area (Å²) in [4.78, 5) is 0. The molecule has 2 rings (SSSR count). The van der Waals surface area contributed by atoms with E-state index in [-0.39, 0.29) is 5.92 Å². The van der Waals surface area contributed by atoms with Gasteiger partial charge in [0, 0.05) is 24.8 Å². The first-order valence-corrected chi connectivity index (χ1v) is 8.11. The first-order valence-electron chi connectivity index (χ1n) is 7.12.